The van der Waals surface area contributed by atoms with Gasteiger partial charge in [-0.05, 0) is 44.5 Å². The van der Waals surface area contributed by atoms with Gasteiger partial charge in [0.2, 0.25) is 21.8 Å². The Morgan fingerprint density at radius 3 is 2.27 bits per heavy atom. The Morgan fingerprint density at radius 1 is 1.05 bits per heavy atom. The summed E-state index contributed by atoms with van der Waals surface area (Å²) in [5.41, 5.74) is 0.681. The van der Waals surface area contributed by atoms with E-state index in [4.69, 9.17) is 32.7 Å². The number of carbonyl (C=O) groups excluding carboxylic acids is 2. The topological polar surface area (TPSA) is 105 Å². The molecule has 3 rings (SSSR count). The van der Waals surface area contributed by atoms with Gasteiger partial charge in [0.1, 0.15) is 25.8 Å². The molecule has 202 valence electrons. The zero-order valence-corrected chi connectivity index (χ0v) is 23.5. The highest BCUT2D eigenvalue weighted by molar-refractivity contribution is 7.92. The minimum atomic E-state index is -3.89. The van der Waals surface area contributed by atoms with E-state index >= 15 is 0 Å². The van der Waals surface area contributed by atoms with Gasteiger partial charge in [-0.25, -0.2) is 8.42 Å². The number of halogens is 2. The van der Waals surface area contributed by atoms with E-state index in [1.54, 1.807) is 31.2 Å². The number of nitrogens with zero attached hydrogens (tertiary/aromatic N) is 2. The van der Waals surface area contributed by atoms with Crippen molar-refractivity contribution >= 4 is 50.7 Å². The molecule has 2 atom stereocenters. The summed E-state index contributed by atoms with van der Waals surface area (Å²) in [5, 5.41) is 3.52. The Kier molecular flexibility index (Phi) is 9.55. The molecule has 0 unspecified atom stereocenters. The molecule has 0 radical (unpaired) electrons. The third-order valence-electron chi connectivity index (χ3n) is 6.05. The monoisotopic (exact) mass is 571 g/mol. The first kappa shape index (κ1) is 28.9. The molecule has 1 N–H and O–H groups in total. The van der Waals surface area contributed by atoms with Crippen LogP contribution in [0.4, 0.5) is 5.69 Å². The van der Waals surface area contributed by atoms with Crippen molar-refractivity contribution < 1.29 is 27.5 Å². The molecule has 0 saturated carbocycles. The van der Waals surface area contributed by atoms with E-state index in [0.717, 1.165) is 10.6 Å². The van der Waals surface area contributed by atoms with E-state index in [0.29, 0.717) is 46.7 Å². The average molecular weight is 573 g/mol. The summed E-state index contributed by atoms with van der Waals surface area (Å²) in [6.07, 6.45) is 1.71. The number of fused-ring (bicyclic) bond motifs is 1. The zero-order valence-electron chi connectivity index (χ0n) is 21.2. The van der Waals surface area contributed by atoms with Crippen LogP contribution in [0.2, 0.25) is 10.0 Å². The van der Waals surface area contributed by atoms with Gasteiger partial charge in [-0.3, -0.25) is 13.9 Å². The highest BCUT2D eigenvalue weighted by atomic mass is 35.5. The average Bonchev–Trinajstić information content (AvgIpc) is 2.85. The second-order valence-electron chi connectivity index (χ2n) is 8.81. The maximum absolute atomic E-state index is 13.7. The van der Waals surface area contributed by atoms with Gasteiger partial charge in [0.05, 0.1) is 11.9 Å². The van der Waals surface area contributed by atoms with Crippen molar-refractivity contribution in [2.75, 3.05) is 30.3 Å². The summed E-state index contributed by atoms with van der Waals surface area (Å²) in [6, 6.07) is 8.54. The van der Waals surface area contributed by atoms with E-state index in [1.165, 1.54) is 17.0 Å². The van der Waals surface area contributed by atoms with Gasteiger partial charge in [-0.1, -0.05) is 36.2 Å². The first-order valence-electron chi connectivity index (χ1n) is 11.8. The van der Waals surface area contributed by atoms with E-state index in [-0.39, 0.29) is 24.2 Å². The quantitative estimate of drug-likeness (QED) is 0.464. The van der Waals surface area contributed by atoms with Crippen LogP contribution in [0.3, 0.4) is 0 Å². The molecule has 0 bridgehead atoms. The Hall–Kier alpha value is -2.69. The molecule has 0 spiro atoms. The number of benzene rings is 2. The lowest BCUT2D eigenvalue weighted by Gasteiger charge is -2.32. The Morgan fingerprint density at radius 2 is 1.68 bits per heavy atom. The maximum Gasteiger partial charge on any atom is 0.244 e. The smallest absolute Gasteiger partial charge is 0.244 e. The van der Waals surface area contributed by atoms with Crippen LogP contribution in [-0.2, 0) is 26.2 Å². The van der Waals surface area contributed by atoms with Crippen molar-refractivity contribution in [3.63, 3.8) is 0 Å². The van der Waals surface area contributed by atoms with E-state index in [2.05, 4.69) is 5.32 Å². The van der Waals surface area contributed by atoms with Gasteiger partial charge in [0.15, 0.2) is 11.5 Å². The van der Waals surface area contributed by atoms with Crippen molar-refractivity contribution in [1.82, 2.24) is 10.2 Å². The first-order valence-corrected chi connectivity index (χ1v) is 14.4. The van der Waals surface area contributed by atoms with E-state index < -0.39 is 28.5 Å². The lowest BCUT2D eigenvalue weighted by atomic mass is 10.1. The van der Waals surface area contributed by atoms with Crippen LogP contribution in [0.1, 0.15) is 32.8 Å². The van der Waals surface area contributed by atoms with Gasteiger partial charge in [-0.2, -0.15) is 0 Å². The largest absolute Gasteiger partial charge is 0.486 e. The van der Waals surface area contributed by atoms with E-state index in [9.17, 15) is 18.0 Å². The predicted molar refractivity (Wildman–Crippen MR) is 144 cm³/mol. The molecule has 0 aromatic heterocycles. The maximum atomic E-state index is 13.7. The Bertz CT molecular complexity index is 1240. The van der Waals surface area contributed by atoms with Crippen LogP contribution < -0.4 is 19.1 Å². The summed E-state index contributed by atoms with van der Waals surface area (Å²) < 4.78 is 37.6. The predicted octanol–water partition coefficient (Wildman–Crippen LogP) is 3.86. The van der Waals surface area contributed by atoms with Crippen LogP contribution in [0.25, 0.3) is 0 Å². The van der Waals surface area contributed by atoms with Crippen LogP contribution in [0.15, 0.2) is 36.4 Å². The molecule has 2 amide bonds. The second kappa shape index (κ2) is 12.2. The Balaban J connectivity index is 1.96. The highest BCUT2D eigenvalue weighted by Gasteiger charge is 2.31. The van der Waals surface area contributed by atoms with Crippen LogP contribution >= 0.6 is 23.2 Å². The second-order valence-corrected chi connectivity index (χ2v) is 11.5. The highest BCUT2D eigenvalue weighted by Crippen LogP contribution is 2.35. The lowest BCUT2D eigenvalue weighted by molar-refractivity contribution is -0.139. The van der Waals surface area contributed by atoms with Gasteiger partial charge in [0, 0.05) is 34.3 Å². The van der Waals surface area contributed by atoms with Crippen molar-refractivity contribution in [3.05, 3.63) is 52.0 Å². The van der Waals surface area contributed by atoms with Crippen LogP contribution in [-0.4, -0.2) is 63.2 Å². The van der Waals surface area contributed by atoms with Gasteiger partial charge < -0.3 is 19.7 Å². The number of sulfonamides is 1. The molecule has 1 aliphatic rings. The van der Waals surface area contributed by atoms with Gasteiger partial charge in [0.25, 0.3) is 0 Å². The van der Waals surface area contributed by atoms with Crippen molar-refractivity contribution in [2.45, 2.75) is 45.8 Å². The van der Waals surface area contributed by atoms with Crippen molar-refractivity contribution in [2.24, 2.45) is 0 Å². The number of carbonyl (C=O) groups is 2. The van der Waals surface area contributed by atoms with Crippen LogP contribution in [0, 0.1) is 0 Å². The molecule has 12 heteroatoms. The third kappa shape index (κ3) is 7.21. The summed E-state index contributed by atoms with van der Waals surface area (Å²) in [4.78, 5) is 28.0. The van der Waals surface area contributed by atoms with E-state index in [1.807, 2.05) is 13.8 Å². The zero-order chi connectivity index (χ0) is 27.3. The van der Waals surface area contributed by atoms with Gasteiger partial charge in [-0.15, -0.1) is 0 Å². The van der Waals surface area contributed by atoms with Crippen molar-refractivity contribution in [1.29, 1.82) is 0 Å². The molecule has 1 heterocycles. The number of ether oxygens (including phenoxy) is 2. The molecule has 1 aliphatic heterocycles. The Labute approximate surface area is 227 Å². The third-order valence-corrected chi connectivity index (χ3v) is 7.90. The summed E-state index contributed by atoms with van der Waals surface area (Å²) in [5.74, 6) is -0.120. The number of amides is 2. The lowest BCUT2D eigenvalue weighted by Crippen LogP contribution is -2.52. The molecule has 2 aromatic carbocycles. The minimum absolute atomic E-state index is 0.0921. The number of hydrogen-bond acceptors (Lipinski definition) is 6. The number of hydrogen-bond donors (Lipinski definition) is 1. The standard InChI is InChI=1S/C25H31Cl2N3O6S/c1-5-16(2)28-25(32)17(3)29(14-19-20(26)7-6-8-21(19)27)24(31)15-30(37(4,33)34)18-9-10-22-23(13-18)36-12-11-35-22/h6-10,13,16-17H,5,11-12,14-15H2,1-4H3,(H,28,32)/t16-,17+/m0/s1. The normalized spacial score (nSPS) is 14.4. The fourth-order valence-corrected chi connectivity index (χ4v) is 5.06. The number of rotatable bonds is 10. The van der Waals surface area contributed by atoms with Gasteiger partial charge >= 0.3 is 0 Å². The molecular weight excluding hydrogens is 541 g/mol. The fourth-order valence-electron chi connectivity index (χ4n) is 3.70. The summed E-state index contributed by atoms with van der Waals surface area (Å²) in [6.45, 7) is 5.43. The molecule has 0 fully saturated rings. The van der Waals surface area contributed by atoms with Crippen molar-refractivity contribution in [3.8, 4) is 11.5 Å². The molecule has 37 heavy (non-hydrogen) atoms. The number of anilines is 1. The SMILES string of the molecule is CC[C@H](C)NC(=O)[C@@H](C)N(Cc1c(Cl)cccc1Cl)C(=O)CN(c1ccc2c(c1)OCCO2)S(C)(=O)=O. The van der Waals surface area contributed by atoms with Crippen LogP contribution in [0.5, 0.6) is 11.5 Å². The number of nitrogens with one attached hydrogen (secondary N) is 1. The minimum Gasteiger partial charge on any atom is -0.486 e. The molecule has 9 nitrogen and oxygen atoms in total. The summed E-state index contributed by atoms with van der Waals surface area (Å²) >= 11 is 12.7. The molecule has 0 saturated heterocycles. The molecule has 2 aromatic rings. The fraction of sp³-hybridized carbons (Fsp3) is 0.440. The molecular formula is C25H31Cl2N3O6S. The molecule has 0 aliphatic carbocycles. The summed E-state index contributed by atoms with van der Waals surface area (Å²) in [7, 11) is -3.89. The first-order chi connectivity index (χ1) is 17.4.